The zero-order chi connectivity index (χ0) is 22.7. The highest BCUT2D eigenvalue weighted by Crippen LogP contribution is 2.26. The van der Waals surface area contributed by atoms with Gasteiger partial charge in [-0.1, -0.05) is 48.5 Å². The molecule has 0 fully saturated rings. The summed E-state index contributed by atoms with van der Waals surface area (Å²) in [6, 6.07) is 16.5. The molecule has 0 unspecified atom stereocenters. The molecule has 3 nitrogen and oxygen atoms in total. The second kappa shape index (κ2) is 12.8. The first-order chi connectivity index (χ1) is 14.8. The minimum absolute atomic E-state index is 0.327. The maximum Gasteiger partial charge on any atom is 0.0875 e. The molecule has 0 aromatic heterocycles. The molecule has 5 heteroatoms. The van der Waals surface area contributed by atoms with Crippen molar-refractivity contribution in [1.82, 2.24) is 0 Å². The fraction of sp³-hybridized carbons (Fsp3) is 0.538. The molecule has 2 aromatic carbocycles. The van der Waals surface area contributed by atoms with E-state index in [2.05, 4.69) is 76.2 Å². The molecule has 0 amide bonds. The van der Waals surface area contributed by atoms with Gasteiger partial charge in [0.1, 0.15) is 0 Å². The first-order valence-corrected chi connectivity index (χ1v) is 12.0. The van der Waals surface area contributed by atoms with Crippen molar-refractivity contribution in [3.05, 3.63) is 70.8 Å². The summed E-state index contributed by atoms with van der Waals surface area (Å²) in [5.74, 6) is 1.06. The minimum Gasteiger partial charge on any atom is -0.381 e. The van der Waals surface area contributed by atoms with Gasteiger partial charge in [0.25, 0.3) is 0 Å². The second-order valence-electron chi connectivity index (χ2n) is 8.70. The van der Waals surface area contributed by atoms with Gasteiger partial charge in [0.2, 0.25) is 0 Å². The summed E-state index contributed by atoms with van der Waals surface area (Å²) in [5, 5.41) is 0. The van der Waals surface area contributed by atoms with Crippen LogP contribution in [0.5, 0.6) is 0 Å². The van der Waals surface area contributed by atoms with Crippen LogP contribution >= 0.6 is 23.2 Å². The van der Waals surface area contributed by atoms with Crippen molar-refractivity contribution in [2.75, 3.05) is 26.4 Å². The summed E-state index contributed by atoms with van der Waals surface area (Å²) < 4.78 is 17.9. The zero-order valence-corrected chi connectivity index (χ0v) is 20.8. The highest BCUT2D eigenvalue weighted by molar-refractivity contribution is 6.17. The normalized spacial score (nSPS) is 12.3. The van der Waals surface area contributed by atoms with Crippen LogP contribution in [0.1, 0.15) is 62.8 Å². The molecular weight excluding hydrogens is 431 g/mol. The maximum absolute atomic E-state index is 6.08. The quantitative estimate of drug-likeness (QED) is 0.218. The highest BCUT2D eigenvalue weighted by Gasteiger charge is 2.21. The molecule has 2 rings (SSSR count). The van der Waals surface area contributed by atoms with Gasteiger partial charge in [-0.05, 0) is 62.8 Å². The fourth-order valence-electron chi connectivity index (χ4n) is 3.24. The summed E-state index contributed by atoms with van der Waals surface area (Å²) in [5.41, 5.74) is 3.88. The van der Waals surface area contributed by atoms with Crippen LogP contribution in [0.15, 0.2) is 48.5 Å². The van der Waals surface area contributed by atoms with Gasteiger partial charge in [0, 0.05) is 38.2 Å². The molecule has 0 aliphatic carbocycles. The molecule has 31 heavy (non-hydrogen) atoms. The monoisotopic (exact) mass is 466 g/mol. The predicted molar refractivity (Wildman–Crippen MR) is 130 cm³/mol. The third-order valence-corrected chi connectivity index (χ3v) is 6.02. The largest absolute Gasteiger partial charge is 0.381 e. The number of halogens is 2. The number of rotatable bonds is 14. The van der Waals surface area contributed by atoms with Gasteiger partial charge in [-0.15, -0.1) is 23.2 Å². The number of ether oxygens (including phenoxy) is 3. The van der Waals surface area contributed by atoms with E-state index in [4.69, 9.17) is 37.4 Å². The van der Waals surface area contributed by atoms with Crippen molar-refractivity contribution in [2.45, 2.75) is 63.5 Å². The Labute approximate surface area is 198 Å². The summed E-state index contributed by atoms with van der Waals surface area (Å²) in [6.07, 6.45) is 1.73. The first-order valence-electron chi connectivity index (χ1n) is 10.9. The van der Waals surface area contributed by atoms with Crippen LogP contribution in [0.2, 0.25) is 0 Å². The fourth-order valence-corrected chi connectivity index (χ4v) is 3.59. The Balaban J connectivity index is 1.57. The molecule has 0 atom stereocenters. The molecule has 0 radical (unpaired) electrons. The number of hydrogen-bond donors (Lipinski definition) is 0. The van der Waals surface area contributed by atoms with Crippen molar-refractivity contribution in [2.24, 2.45) is 0 Å². The summed E-state index contributed by atoms with van der Waals surface area (Å²) in [4.78, 5) is 0. The van der Waals surface area contributed by atoms with Crippen LogP contribution in [-0.2, 0) is 37.2 Å². The van der Waals surface area contributed by atoms with E-state index < -0.39 is 0 Å². The average molecular weight is 467 g/mol. The third-order valence-electron chi connectivity index (χ3n) is 5.40. The lowest BCUT2D eigenvalue weighted by Gasteiger charge is -2.26. The van der Waals surface area contributed by atoms with Gasteiger partial charge >= 0.3 is 0 Å². The lowest BCUT2D eigenvalue weighted by atomic mass is 9.97. The molecule has 0 aliphatic rings. The van der Waals surface area contributed by atoms with E-state index in [0.29, 0.717) is 38.2 Å². The molecule has 0 saturated carbocycles. The van der Waals surface area contributed by atoms with Crippen molar-refractivity contribution in [1.29, 1.82) is 0 Å². The third kappa shape index (κ3) is 8.75. The lowest BCUT2D eigenvalue weighted by Crippen LogP contribution is -2.23. The van der Waals surface area contributed by atoms with E-state index in [1.165, 1.54) is 0 Å². The van der Waals surface area contributed by atoms with E-state index in [1.54, 1.807) is 0 Å². The Morgan fingerprint density at radius 1 is 0.581 bits per heavy atom. The van der Waals surface area contributed by atoms with Crippen molar-refractivity contribution < 1.29 is 14.2 Å². The second-order valence-corrected chi connectivity index (χ2v) is 9.23. The number of alkyl halides is 2. The Hall–Kier alpha value is -1.10. The molecule has 0 saturated heterocycles. The van der Waals surface area contributed by atoms with Crippen molar-refractivity contribution in [3.8, 4) is 0 Å². The smallest absolute Gasteiger partial charge is 0.0875 e. The summed E-state index contributed by atoms with van der Waals surface area (Å²) >= 11 is 11.7. The first kappa shape index (κ1) is 26.2. The SMILES string of the molecule is CC(C)(OCCCOCCCOC(C)(C)c1ccc(CCl)cc1)c1ccc(CCl)cc1. The van der Waals surface area contributed by atoms with Crippen LogP contribution < -0.4 is 0 Å². The van der Waals surface area contributed by atoms with Crippen molar-refractivity contribution >= 4 is 23.2 Å². The highest BCUT2D eigenvalue weighted by atomic mass is 35.5. The van der Waals surface area contributed by atoms with E-state index in [-0.39, 0.29) is 11.2 Å². The predicted octanol–water partition coefficient (Wildman–Crippen LogP) is 7.16. The van der Waals surface area contributed by atoms with Gasteiger partial charge < -0.3 is 14.2 Å². The molecular formula is C26H36Cl2O3. The summed E-state index contributed by atoms with van der Waals surface area (Å²) in [7, 11) is 0. The summed E-state index contributed by atoms with van der Waals surface area (Å²) in [6.45, 7) is 11.0. The molecule has 0 spiro atoms. The van der Waals surface area contributed by atoms with E-state index >= 15 is 0 Å². The van der Waals surface area contributed by atoms with Gasteiger partial charge in [0.05, 0.1) is 11.2 Å². The van der Waals surface area contributed by atoms with Gasteiger partial charge in [0.15, 0.2) is 0 Å². The van der Waals surface area contributed by atoms with Crippen LogP contribution in [0, 0.1) is 0 Å². The standard InChI is InChI=1S/C26H36Cl2O3/c1-25(2,23-11-7-21(19-27)8-12-23)30-17-5-15-29-16-6-18-31-26(3,4)24-13-9-22(20-28)10-14-24/h7-14H,5-6,15-20H2,1-4H3. The molecule has 2 aromatic rings. The lowest BCUT2D eigenvalue weighted by molar-refractivity contribution is -0.0396. The van der Waals surface area contributed by atoms with Crippen LogP contribution in [0.25, 0.3) is 0 Å². The van der Waals surface area contributed by atoms with E-state index in [0.717, 1.165) is 35.1 Å². The Morgan fingerprint density at radius 3 is 1.26 bits per heavy atom. The molecule has 0 aliphatic heterocycles. The van der Waals surface area contributed by atoms with E-state index in [9.17, 15) is 0 Å². The van der Waals surface area contributed by atoms with E-state index in [1.807, 2.05) is 0 Å². The topological polar surface area (TPSA) is 27.7 Å². The Bertz CT molecular complexity index is 690. The molecule has 0 N–H and O–H groups in total. The van der Waals surface area contributed by atoms with Crippen molar-refractivity contribution in [3.63, 3.8) is 0 Å². The number of benzene rings is 2. The Morgan fingerprint density at radius 2 is 0.935 bits per heavy atom. The molecule has 172 valence electrons. The van der Waals surface area contributed by atoms with Crippen LogP contribution in [0.3, 0.4) is 0 Å². The minimum atomic E-state index is -0.327. The van der Waals surface area contributed by atoms with Gasteiger partial charge in [-0.25, -0.2) is 0 Å². The number of hydrogen-bond acceptors (Lipinski definition) is 3. The maximum atomic E-state index is 6.08. The average Bonchev–Trinajstić information content (AvgIpc) is 2.78. The van der Waals surface area contributed by atoms with Gasteiger partial charge in [-0.3, -0.25) is 0 Å². The van der Waals surface area contributed by atoms with Gasteiger partial charge in [-0.2, -0.15) is 0 Å². The Kier molecular flexibility index (Phi) is 10.8. The molecule has 0 bridgehead atoms. The van der Waals surface area contributed by atoms with Crippen LogP contribution in [0.4, 0.5) is 0 Å². The molecule has 0 heterocycles. The van der Waals surface area contributed by atoms with Crippen LogP contribution in [-0.4, -0.2) is 26.4 Å². The zero-order valence-electron chi connectivity index (χ0n) is 19.3.